The van der Waals surface area contributed by atoms with E-state index in [0.717, 1.165) is 21.6 Å². The van der Waals surface area contributed by atoms with E-state index in [9.17, 15) is 9.59 Å². The Morgan fingerprint density at radius 3 is 2.35 bits per heavy atom. The smallest absolute Gasteiger partial charge is 0.243 e. The second kappa shape index (κ2) is 12.8. The second-order valence-corrected chi connectivity index (χ2v) is 9.85. The first-order chi connectivity index (χ1) is 16.4. The van der Waals surface area contributed by atoms with Crippen LogP contribution < -0.4 is 5.32 Å². The van der Waals surface area contributed by atoms with Gasteiger partial charge in [0.2, 0.25) is 11.8 Å². The molecule has 0 aliphatic rings. The van der Waals surface area contributed by atoms with Crippen LogP contribution in [0.15, 0.2) is 77.7 Å². The number of carbonyl (C=O) groups excluding carboxylic acids is 2. The Morgan fingerprint density at radius 1 is 1.00 bits per heavy atom. The van der Waals surface area contributed by atoms with Gasteiger partial charge < -0.3 is 10.2 Å². The molecule has 0 fully saturated rings. The molecule has 0 spiro atoms. The second-order valence-electron chi connectivity index (χ2n) is 7.96. The van der Waals surface area contributed by atoms with Crippen molar-refractivity contribution in [3.05, 3.63) is 99.5 Å². The van der Waals surface area contributed by atoms with Gasteiger partial charge in [0.15, 0.2) is 0 Å². The zero-order valence-electron chi connectivity index (χ0n) is 19.3. The Bertz CT molecular complexity index is 1110. The number of nitrogens with zero attached hydrogens (tertiary/aromatic N) is 1. The fourth-order valence-electron chi connectivity index (χ4n) is 3.54. The molecular formula is C27H28Cl2N2O2S. The average Bonchev–Trinajstić information content (AvgIpc) is 2.82. The number of thioether (sulfide) groups is 1. The highest BCUT2D eigenvalue weighted by molar-refractivity contribution is 8.00. The van der Waals surface area contributed by atoms with Crippen molar-refractivity contribution in [2.45, 2.75) is 37.8 Å². The first-order valence-corrected chi connectivity index (χ1v) is 12.9. The SMILES string of the molecule is CCNC(=O)[C@@H](Cc1ccccc1)N(Cc1ccc(Cl)cc1Cl)C(=O)CSc1ccc(C)cc1. The van der Waals surface area contributed by atoms with Crippen molar-refractivity contribution in [1.82, 2.24) is 10.2 Å². The highest BCUT2D eigenvalue weighted by Crippen LogP contribution is 2.25. The molecule has 3 aromatic rings. The first-order valence-electron chi connectivity index (χ1n) is 11.1. The third kappa shape index (κ3) is 7.52. The van der Waals surface area contributed by atoms with Crippen molar-refractivity contribution in [1.29, 1.82) is 0 Å². The van der Waals surface area contributed by atoms with Crippen LogP contribution >= 0.6 is 35.0 Å². The van der Waals surface area contributed by atoms with Crippen LogP contribution in [0.3, 0.4) is 0 Å². The Hall–Kier alpha value is -2.47. The number of likely N-dealkylation sites (N-methyl/N-ethyl adjacent to an activating group) is 1. The number of nitrogens with one attached hydrogen (secondary N) is 1. The fraction of sp³-hybridized carbons (Fsp3) is 0.259. The molecule has 4 nitrogen and oxygen atoms in total. The molecule has 2 amide bonds. The van der Waals surface area contributed by atoms with Gasteiger partial charge in [0.05, 0.1) is 5.75 Å². The molecule has 3 rings (SSSR count). The van der Waals surface area contributed by atoms with E-state index in [0.29, 0.717) is 23.0 Å². The summed E-state index contributed by atoms with van der Waals surface area (Å²) in [5, 5.41) is 3.88. The highest BCUT2D eigenvalue weighted by Gasteiger charge is 2.30. The van der Waals surface area contributed by atoms with Crippen LogP contribution in [-0.4, -0.2) is 35.1 Å². The first kappa shape index (κ1) is 26.1. The molecule has 0 aliphatic carbocycles. The monoisotopic (exact) mass is 514 g/mol. The molecule has 7 heteroatoms. The molecule has 0 saturated carbocycles. The number of carbonyl (C=O) groups is 2. The van der Waals surface area contributed by atoms with Crippen LogP contribution in [0.5, 0.6) is 0 Å². The van der Waals surface area contributed by atoms with Gasteiger partial charge in [-0.15, -0.1) is 11.8 Å². The Labute approximate surface area is 215 Å². The minimum Gasteiger partial charge on any atom is -0.355 e. The standard InChI is InChI=1S/C27H28Cl2N2O2S/c1-3-30-27(33)25(15-20-7-5-4-6-8-20)31(17-21-11-12-22(28)16-24(21)29)26(32)18-34-23-13-9-19(2)10-14-23/h4-14,16,25H,3,15,17-18H2,1-2H3,(H,30,33)/t25-/m1/s1. The van der Waals surface area contributed by atoms with Crippen molar-refractivity contribution < 1.29 is 9.59 Å². The lowest BCUT2D eigenvalue weighted by Gasteiger charge is -2.31. The minimum absolute atomic E-state index is 0.135. The topological polar surface area (TPSA) is 49.4 Å². The van der Waals surface area contributed by atoms with E-state index >= 15 is 0 Å². The van der Waals surface area contributed by atoms with Crippen molar-refractivity contribution in [2.24, 2.45) is 0 Å². The zero-order valence-corrected chi connectivity index (χ0v) is 21.6. The normalized spacial score (nSPS) is 11.6. The van der Waals surface area contributed by atoms with Crippen LogP contribution in [0.2, 0.25) is 10.0 Å². The van der Waals surface area contributed by atoms with Gasteiger partial charge in [-0.25, -0.2) is 0 Å². The summed E-state index contributed by atoms with van der Waals surface area (Å²) in [7, 11) is 0. The van der Waals surface area contributed by atoms with Gasteiger partial charge in [-0.3, -0.25) is 9.59 Å². The number of amides is 2. The number of halogens is 2. The van der Waals surface area contributed by atoms with Gasteiger partial charge in [0.1, 0.15) is 6.04 Å². The zero-order chi connectivity index (χ0) is 24.5. The van der Waals surface area contributed by atoms with Crippen molar-refractivity contribution in [3.63, 3.8) is 0 Å². The lowest BCUT2D eigenvalue weighted by molar-refractivity contribution is -0.139. The number of hydrogen-bond donors (Lipinski definition) is 1. The number of benzene rings is 3. The molecule has 0 heterocycles. The molecule has 1 N–H and O–H groups in total. The number of aryl methyl sites for hydroxylation is 1. The summed E-state index contributed by atoms with van der Waals surface area (Å²) >= 11 is 14.0. The molecule has 0 radical (unpaired) electrons. The summed E-state index contributed by atoms with van der Waals surface area (Å²) in [4.78, 5) is 29.4. The molecular weight excluding hydrogens is 487 g/mol. The molecule has 0 saturated heterocycles. The lowest BCUT2D eigenvalue weighted by Crippen LogP contribution is -2.51. The maximum atomic E-state index is 13.6. The summed E-state index contributed by atoms with van der Waals surface area (Å²) < 4.78 is 0. The van der Waals surface area contributed by atoms with E-state index in [-0.39, 0.29) is 24.1 Å². The van der Waals surface area contributed by atoms with Gasteiger partial charge in [-0.2, -0.15) is 0 Å². The van der Waals surface area contributed by atoms with Crippen molar-refractivity contribution in [2.75, 3.05) is 12.3 Å². The number of rotatable bonds is 10. The fourth-order valence-corrected chi connectivity index (χ4v) is 4.79. The molecule has 0 unspecified atom stereocenters. The number of hydrogen-bond acceptors (Lipinski definition) is 3. The summed E-state index contributed by atoms with van der Waals surface area (Å²) in [5.74, 6) is -0.118. The van der Waals surface area contributed by atoms with Gasteiger partial charge in [0.25, 0.3) is 0 Å². The lowest BCUT2D eigenvalue weighted by atomic mass is 10.0. The van der Waals surface area contributed by atoms with Gasteiger partial charge >= 0.3 is 0 Å². The van der Waals surface area contributed by atoms with E-state index in [4.69, 9.17) is 23.2 Å². The largest absolute Gasteiger partial charge is 0.355 e. The summed E-state index contributed by atoms with van der Waals surface area (Å²) in [6, 6.07) is 22.3. The average molecular weight is 516 g/mol. The van der Waals surface area contributed by atoms with E-state index in [1.807, 2.05) is 68.4 Å². The molecule has 34 heavy (non-hydrogen) atoms. The molecule has 0 aromatic heterocycles. The van der Waals surface area contributed by atoms with Gasteiger partial charge in [-0.1, -0.05) is 77.3 Å². The van der Waals surface area contributed by atoms with Crippen LogP contribution in [0, 0.1) is 6.92 Å². The Morgan fingerprint density at radius 2 is 1.71 bits per heavy atom. The molecule has 1 atom stereocenters. The molecule has 0 bridgehead atoms. The summed E-state index contributed by atoms with van der Waals surface area (Å²) in [6.07, 6.45) is 0.402. The van der Waals surface area contributed by atoms with E-state index < -0.39 is 6.04 Å². The van der Waals surface area contributed by atoms with Gasteiger partial charge in [-0.05, 0) is 49.2 Å². The quantitative estimate of drug-likeness (QED) is 0.329. The predicted molar refractivity (Wildman–Crippen MR) is 142 cm³/mol. The van der Waals surface area contributed by atoms with Crippen LogP contribution in [-0.2, 0) is 22.6 Å². The Balaban J connectivity index is 1.91. The highest BCUT2D eigenvalue weighted by atomic mass is 35.5. The maximum absolute atomic E-state index is 13.6. The van der Waals surface area contributed by atoms with E-state index in [1.165, 1.54) is 11.8 Å². The van der Waals surface area contributed by atoms with Crippen LogP contribution in [0.4, 0.5) is 0 Å². The van der Waals surface area contributed by atoms with Crippen molar-refractivity contribution in [3.8, 4) is 0 Å². The minimum atomic E-state index is -0.680. The van der Waals surface area contributed by atoms with E-state index in [1.54, 1.807) is 23.1 Å². The van der Waals surface area contributed by atoms with Crippen molar-refractivity contribution >= 4 is 46.8 Å². The van der Waals surface area contributed by atoms with Crippen LogP contribution in [0.1, 0.15) is 23.6 Å². The third-order valence-electron chi connectivity index (χ3n) is 5.36. The molecule has 0 aliphatic heterocycles. The van der Waals surface area contributed by atoms with E-state index in [2.05, 4.69) is 5.32 Å². The summed E-state index contributed by atoms with van der Waals surface area (Å²) in [5.41, 5.74) is 2.88. The third-order valence-corrected chi connectivity index (χ3v) is 6.94. The van der Waals surface area contributed by atoms with Crippen LogP contribution in [0.25, 0.3) is 0 Å². The molecule has 178 valence electrons. The molecule has 3 aromatic carbocycles. The Kier molecular flexibility index (Phi) is 9.87. The van der Waals surface area contributed by atoms with Gasteiger partial charge in [0, 0.05) is 34.5 Å². The summed E-state index contributed by atoms with van der Waals surface area (Å²) in [6.45, 7) is 4.58. The maximum Gasteiger partial charge on any atom is 0.243 e. The predicted octanol–water partition coefficient (Wildman–Crippen LogP) is 6.17.